The van der Waals surface area contributed by atoms with Crippen LogP contribution in [0.1, 0.15) is 37.7 Å². The number of nitrogens with zero attached hydrogens (tertiary/aromatic N) is 2. The Morgan fingerprint density at radius 2 is 1.58 bits per heavy atom. The van der Waals surface area contributed by atoms with Gasteiger partial charge in [-0.3, -0.25) is 9.59 Å². The van der Waals surface area contributed by atoms with Gasteiger partial charge in [0.25, 0.3) is 0 Å². The lowest BCUT2D eigenvalue weighted by Gasteiger charge is -2.15. The van der Waals surface area contributed by atoms with Crippen LogP contribution in [0.2, 0.25) is 0 Å². The fraction of sp³-hybridized carbons (Fsp3) is 0.250. The third-order valence-corrected chi connectivity index (χ3v) is 5.97. The van der Waals surface area contributed by atoms with Crippen LogP contribution in [0.15, 0.2) is 78.9 Å². The smallest absolute Gasteiger partial charge is 0.224 e. The van der Waals surface area contributed by atoms with Crippen LogP contribution >= 0.6 is 0 Å². The Labute approximate surface area is 194 Å². The Kier molecular flexibility index (Phi) is 6.98. The molecule has 5 nitrogen and oxygen atoms in total. The standard InChI is InChI=1S/C28H29N3O2/c1-20(21(2)32)31-26-12-7-6-11-25(26)30-27(31)13-8-18-29-28(33)19-22-14-16-24(17-15-22)23-9-4-3-5-10-23/h3-7,9-12,14-17,20H,8,13,18-19H2,1-2H3,(H,29,33). The van der Waals surface area contributed by atoms with Gasteiger partial charge in [-0.1, -0.05) is 66.7 Å². The molecule has 1 atom stereocenters. The summed E-state index contributed by atoms with van der Waals surface area (Å²) in [6, 6.07) is 25.9. The van der Waals surface area contributed by atoms with Gasteiger partial charge in [-0.25, -0.2) is 4.98 Å². The fourth-order valence-corrected chi connectivity index (χ4v) is 4.05. The normalized spacial score (nSPS) is 11.9. The molecule has 1 amide bonds. The first-order valence-corrected chi connectivity index (χ1v) is 11.4. The van der Waals surface area contributed by atoms with E-state index in [1.54, 1.807) is 6.92 Å². The van der Waals surface area contributed by atoms with Gasteiger partial charge in [0.1, 0.15) is 5.82 Å². The van der Waals surface area contributed by atoms with E-state index in [0.29, 0.717) is 19.4 Å². The molecule has 0 saturated carbocycles. The molecule has 0 spiro atoms. The van der Waals surface area contributed by atoms with Crippen molar-refractivity contribution in [2.45, 2.75) is 39.2 Å². The summed E-state index contributed by atoms with van der Waals surface area (Å²) in [7, 11) is 0. The van der Waals surface area contributed by atoms with E-state index in [4.69, 9.17) is 4.98 Å². The molecule has 0 aliphatic carbocycles. The predicted molar refractivity (Wildman–Crippen MR) is 132 cm³/mol. The van der Waals surface area contributed by atoms with E-state index in [-0.39, 0.29) is 17.7 Å². The number of benzene rings is 3. The number of hydrogen-bond acceptors (Lipinski definition) is 3. The highest BCUT2D eigenvalue weighted by Crippen LogP contribution is 2.23. The summed E-state index contributed by atoms with van der Waals surface area (Å²) in [5, 5.41) is 3.01. The molecule has 0 aliphatic rings. The van der Waals surface area contributed by atoms with Gasteiger partial charge in [-0.15, -0.1) is 0 Å². The van der Waals surface area contributed by atoms with E-state index >= 15 is 0 Å². The molecule has 5 heteroatoms. The largest absolute Gasteiger partial charge is 0.356 e. The van der Waals surface area contributed by atoms with Crippen molar-refractivity contribution < 1.29 is 9.59 Å². The van der Waals surface area contributed by atoms with E-state index in [1.807, 2.05) is 66.1 Å². The first kappa shape index (κ1) is 22.5. The molecule has 0 aliphatic heterocycles. The van der Waals surface area contributed by atoms with Crippen molar-refractivity contribution in [3.05, 3.63) is 90.3 Å². The van der Waals surface area contributed by atoms with Crippen LogP contribution in [-0.2, 0) is 22.4 Å². The van der Waals surface area contributed by atoms with Gasteiger partial charge >= 0.3 is 0 Å². The Morgan fingerprint density at radius 1 is 0.909 bits per heavy atom. The van der Waals surface area contributed by atoms with Crippen LogP contribution in [0.5, 0.6) is 0 Å². The quantitative estimate of drug-likeness (QED) is 0.367. The third kappa shape index (κ3) is 5.37. The predicted octanol–water partition coefficient (Wildman–Crippen LogP) is 5.14. The lowest BCUT2D eigenvalue weighted by Crippen LogP contribution is -2.26. The topological polar surface area (TPSA) is 64.0 Å². The van der Waals surface area contributed by atoms with Gasteiger partial charge in [0.2, 0.25) is 5.91 Å². The molecule has 1 N–H and O–H groups in total. The van der Waals surface area contributed by atoms with Crippen molar-refractivity contribution in [1.29, 1.82) is 0 Å². The first-order valence-electron chi connectivity index (χ1n) is 11.4. The van der Waals surface area contributed by atoms with Gasteiger partial charge in [-0.05, 0) is 49.1 Å². The number of carbonyl (C=O) groups is 2. The third-order valence-electron chi connectivity index (χ3n) is 5.97. The van der Waals surface area contributed by atoms with Crippen LogP contribution in [-0.4, -0.2) is 27.8 Å². The summed E-state index contributed by atoms with van der Waals surface area (Å²) in [6.45, 7) is 4.08. The van der Waals surface area contributed by atoms with E-state index in [9.17, 15) is 9.59 Å². The zero-order valence-electron chi connectivity index (χ0n) is 19.1. The number of ketones is 1. The summed E-state index contributed by atoms with van der Waals surface area (Å²) >= 11 is 0. The number of aryl methyl sites for hydroxylation is 1. The number of amides is 1. The Balaban J connectivity index is 1.31. The SMILES string of the molecule is CC(=O)C(C)n1c(CCCNC(=O)Cc2ccc(-c3ccccc3)cc2)nc2ccccc21. The maximum absolute atomic E-state index is 12.4. The number of Topliss-reactive ketones (excluding diaryl/α,β-unsaturated/α-hetero) is 1. The molecule has 0 bridgehead atoms. The maximum atomic E-state index is 12.4. The van der Waals surface area contributed by atoms with Crippen molar-refractivity contribution in [2.75, 3.05) is 6.54 Å². The number of imidazole rings is 1. The van der Waals surface area contributed by atoms with Crippen LogP contribution in [0, 0.1) is 0 Å². The molecule has 33 heavy (non-hydrogen) atoms. The molecule has 0 radical (unpaired) electrons. The second-order valence-electron chi connectivity index (χ2n) is 8.37. The van der Waals surface area contributed by atoms with Gasteiger partial charge in [0.15, 0.2) is 5.78 Å². The molecule has 4 aromatic rings. The van der Waals surface area contributed by atoms with E-state index in [2.05, 4.69) is 29.6 Å². The highest BCUT2D eigenvalue weighted by Gasteiger charge is 2.18. The summed E-state index contributed by atoms with van der Waals surface area (Å²) in [5.74, 6) is 0.990. The molecule has 0 saturated heterocycles. The molecule has 3 aromatic carbocycles. The van der Waals surface area contributed by atoms with Crippen LogP contribution in [0.4, 0.5) is 0 Å². The molecule has 0 fully saturated rings. The minimum absolute atomic E-state index is 0.00747. The van der Waals surface area contributed by atoms with Crippen molar-refractivity contribution in [3.63, 3.8) is 0 Å². The number of rotatable bonds is 9. The monoisotopic (exact) mass is 439 g/mol. The fourth-order valence-electron chi connectivity index (χ4n) is 4.05. The highest BCUT2D eigenvalue weighted by atomic mass is 16.1. The van der Waals surface area contributed by atoms with Gasteiger partial charge in [0, 0.05) is 13.0 Å². The molecule has 1 unspecified atom stereocenters. The Hall–Kier alpha value is -3.73. The summed E-state index contributed by atoms with van der Waals surface area (Å²) in [4.78, 5) is 29.2. The van der Waals surface area contributed by atoms with Crippen LogP contribution in [0.3, 0.4) is 0 Å². The molecular formula is C28H29N3O2. The zero-order valence-corrected chi connectivity index (χ0v) is 19.1. The molecule has 4 rings (SSSR count). The molecule has 1 aromatic heterocycles. The zero-order chi connectivity index (χ0) is 23.2. The van der Waals surface area contributed by atoms with Crippen LogP contribution < -0.4 is 5.32 Å². The second kappa shape index (κ2) is 10.3. The van der Waals surface area contributed by atoms with Crippen LogP contribution in [0.25, 0.3) is 22.2 Å². The van der Waals surface area contributed by atoms with Gasteiger partial charge < -0.3 is 9.88 Å². The van der Waals surface area contributed by atoms with Crippen molar-refractivity contribution in [3.8, 4) is 11.1 Å². The maximum Gasteiger partial charge on any atom is 0.224 e. The average Bonchev–Trinajstić information content (AvgIpc) is 3.20. The number of hydrogen-bond donors (Lipinski definition) is 1. The summed E-state index contributed by atoms with van der Waals surface area (Å²) < 4.78 is 2.02. The number of nitrogens with one attached hydrogen (secondary N) is 1. The lowest BCUT2D eigenvalue weighted by molar-refractivity contribution is -0.120. The van der Waals surface area contributed by atoms with Crippen molar-refractivity contribution in [1.82, 2.24) is 14.9 Å². The molecule has 1 heterocycles. The number of aromatic nitrogens is 2. The minimum Gasteiger partial charge on any atom is -0.356 e. The summed E-state index contributed by atoms with van der Waals surface area (Å²) in [6.07, 6.45) is 1.81. The van der Waals surface area contributed by atoms with Crippen molar-refractivity contribution >= 4 is 22.7 Å². The highest BCUT2D eigenvalue weighted by molar-refractivity contribution is 5.84. The number of carbonyl (C=O) groups excluding carboxylic acids is 2. The average molecular weight is 440 g/mol. The second-order valence-corrected chi connectivity index (χ2v) is 8.37. The van der Waals surface area contributed by atoms with Crippen molar-refractivity contribution in [2.24, 2.45) is 0 Å². The van der Waals surface area contributed by atoms with E-state index in [1.165, 1.54) is 5.56 Å². The minimum atomic E-state index is -0.263. The molecular weight excluding hydrogens is 410 g/mol. The van der Waals surface area contributed by atoms with E-state index < -0.39 is 0 Å². The lowest BCUT2D eigenvalue weighted by atomic mass is 10.0. The number of para-hydroxylation sites is 2. The Bertz CT molecular complexity index is 1240. The van der Waals surface area contributed by atoms with Gasteiger partial charge in [0.05, 0.1) is 23.5 Å². The van der Waals surface area contributed by atoms with E-state index in [0.717, 1.165) is 34.4 Å². The first-order chi connectivity index (χ1) is 16.0. The molecule has 168 valence electrons. The Morgan fingerprint density at radius 3 is 2.30 bits per heavy atom. The number of fused-ring (bicyclic) bond motifs is 1. The summed E-state index contributed by atoms with van der Waals surface area (Å²) in [5.41, 5.74) is 5.16. The van der Waals surface area contributed by atoms with Gasteiger partial charge in [-0.2, -0.15) is 0 Å².